The van der Waals surface area contributed by atoms with Gasteiger partial charge in [-0.15, -0.1) is 0 Å². The maximum Gasteiger partial charge on any atom is 0.279 e. The van der Waals surface area contributed by atoms with E-state index in [0.29, 0.717) is 9.37 Å². The van der Waals surface area contributed by atoms with Crippen LogP contribution in [0.15, 0.2) is 57.0 Å². The van der Waals surface area contributed by atoms with Crippen LogP contribution in [0, 0.1) is 11.3 Å². The Hall–Kier alpha value is -2.23. The van der Waals surface area contributed by atoms with Crippen LogP contribution in [0.1, 0.15) is 5.56 Å². The molecule has 0 saturated carbocycles. The van der Waals surface area contributed by atoms with E-state index < -0.39 is 10.0 Å². The predicted octanol–water partition coefficient (Wildman–Crippen LogP) is 5.34. The first kappa shape index (κ1) is 24.4. The van der Waals surface area contributed by atoms with Crippen molar-refractivity contribution in [1.82, 2.24) is 9.97 Å². The molecule has 8 nitrogen and oxygen atoms in total. The number of pyridine rings is 2. The molecule has 166 valence electrons. The monoisotopic (exact) mass is 574 g/mol. The second kappa shape index (κ2) is 10.1. The molecule has 0 aliphatic carbocycles. The van der Waals surface area contributed by atoms with E-state index in [-0.39, 0.29) is 38.0 Å². The third-order valence-electron chi connectivity index (χ3n) is 3.93. The van der Waals surface area contributed by atoms with Gasteiger partial charge in [0.1, 0.15) is 6.07 Å². The maximum absolute atomic E-state index is 13.8. The Bertz CT molecular complexity index is 1320. The minimum Gasteiger partial charge on any atom is -0.480 e. The molecule has 0 spiro atoms. The zero-order valence-corrected chi connectivity index (χ0v) is 21.1. The topological polar surface area (TPSA) is 105 Å². The predicted molar refractivity (Wildman–Crippen MR) is 126 cm³/mol. The van der Waals surface area contributed by atoms with Crippen LogP contribution in [0.25, 0.3) is 0 Å². The number of hydrogen-bond acceptors (Lipinski definition) is 8. The lowest BCUT2D eigenvalue weighted by Crippen LogP contribution is -2.26. The average molecular weight is 576 g/mol. The van der Waals surface area contributed by atoms with Crippen molar-refractivity contribution in [2.45, 2.75) is 9.79 Å². The number of benzene rings is 1. The van der Waals surface area contributed by atoms with Gasteiger partial charge in [-0.2, -0.15) is 13.7 Å². The summed E-state index contributed by atoms with van der Waals surface area (Å²) in [4.78, 5) is 8.03. The summed E-state index contributed by atoms with van der Waals surface area (Å²) in [6.45, 7) is 0. The van der Waals surface area contributed by atoms with Crippen molar-refractivity contribution >= 4 is 66.8 Å². The van der Waals surface area contributed by atoms with Crippen LogP contribution in [0.5, 0.6) is 11.8 Å². The minimum atomic E-state index is -4.38. The number of sulfonamides is 1. The summed E-state index contributed by atoms with van der Waals surface area (Å²) in [5.41, 5.74) is 0.169. The lowest BCUT2D eigenvalue weighted by Gasteiger charge is -2.25. The molecule has 3 rings (SSSR count). The van der Waals surface area contributed by atoms with Crippen LogP contribution in [0.3, 0.4) is 0 Å². The second-order valence-electron chi connectivity index (χ2n) is 5.89. The highest BCUT2D eigenvalue weighted by Crippen LogP contribution is 2.43. The summed E-state index contributed by atoms with van der Waals surface area (Å²) in [5.74, 6) is -0.0195. The molecule has 3 aromatic rings. The van der Waals surface area contributed by atoms with Gasteiger partial charge in [-0.05, 0) is 40.2 Å². The summed E-state index contributed by atoms with van der Waals surface area (Å²) in [6.07, 6.45) is 2.63. The van der Waals surface area contributed by atoms with E-state index >= 15 is 0 Å². The molecular formula is C19H13BrCl2N4O4S2. The van der Waals surface area contributed by atoms with Crippen molar-refractivity contribution in [1.29, 1.82) is 5.26 Å². The maximum atomic E-state index is 13.8. The summed E-state index contributed by atoms with van der Waals surface area (Å²) in [6, 6.07) is 9.45. The Morgan fingerprint density at radius 2 is 1.72 bits per heavy atom. The number of halogens is 3. The molecule has 0 radical (unpaired) electrons. The third-order valence-corrected chi connectivity index (χ3v) is 8.15. The molecule has 0 saturated heterocycles. The van der Waals surface area contributed by atoms with E-state index in [9.17, 15) is 13.7 Å². The fraction of sp³-hybridized carbons (Fsp3) is 0.105. The molecule has 13 heteroatoms. The van der Waals surface area contributed by atoms with Crippen molar-refractivity contribution < 1.29 is 17.9 Å². The summed E-state index contributed by atoms with van der Waals surface area (Å²) in [7, 11) is -1.70. The molecule has 0 bridgehead atoms. The molecule has 2 aromatic heterocycles. The normalized spacial score (nSPS) is 11.0. The van der Waals surface area contributed by atoms with Crippen molar-refractivity contribution in [2.75, 3.05) is 17.9 Å². The van der Waals surface area contributed by atoms with Gasteiger partial charge in [0.05, 0.1) is 40.4 Å². The van der Waals surface area contributed by atoms with Gasteiger partial charge in [0.25, 0.3) is 10.0 Å². The molecule has 2 heterocycles. The minimum absolute atomic E-state index is 0.0796. The first-order chi connectivity index (χ1) is 15.2. The highest BCUT2D eigenvalue weighted by molar-refractivity contribution is 9.10. The quantitative estimate of drug-likeness (QED) is 0.348. The molecule has 1 aromatic carbocycles. The summed E-state index contributed by atoms with van der Waals surface area (Å²) < 4.78 is 39.4. The number of nitriles is 1. The van der Waals surface area contributed by atoms with E-state index in [0.717, 1.165) is 15.7 Å². The van der Waals surface area contributed by atoms with Gasteiger partial charge >= 0.3 is 0 Å². The van der Waals surface area contributed by atoms with Crippen LogP contribution in [0.4, 0.5) is 5.69 Å². The lowest BCUT2D eigenvalue weighted by molar-refractivity contribution is 0.385. The highest BCUT2D eigenvalue weighted by atomic mass is 79.9. The first-order valence-electron chi connectivity index (χ1n) is 8.54. The van der Waals surface area contributed by atoms with Gasteiger partial charge in [0.15, 0.2) is 4.90 Å². The molecule has 0 aliphatic rings. The van der Waals surface area contributed by atoms with Crippen molar-refractivity contribution in [3.8, 4) is 17.8 Å². The molecule has 0 fully saturated rings. The van der Waals surface area contributed by atoms with E-state index in [4.69, 9.17) is 32.7 Å². The number of nitrogens with zero attached hydrogens (tertiary/aromatic N) is 4. The van der Waals surface area contributed by atoms with Gasteiger partial charge in [-0.1, -0.05) is 29.3 Å². The smallest absolute Gasteiger partial charge is 0.279 e. The van der Waals surface area contributed by atoms with E-state index in [1.165, 1.54) is 44.8 Å². The number of rotatable bonds is 7. The zero-order chi connectivity index (χ0) is 23.5. The van der Waals surface area contributed by atoms with Gasteiger partial charge in [-0.3, -0.25) is 0 Å². The Morgan fingerprint density at radius 3 is 2.34 bits per heavy atom. The molecule has 0 amide bonds. The highest BCUT2D eigenvalue weighted by Gasteiger charge is 2.33. The van der Waals surface area contributed by atoms with E-state index in [1.807, 2.05) is 6.07 Å². The van der Waals surface area contributed by atoms with Crippen molar-refractivity contribution in [3.63, 3.8) is 0 Å². The Kier molecular flexibility index (Phi) is 7.74. The second-order valence-corrected chi connectivity index (χ2v) is 10.6. The summed E-state index contributed by atoms with van der Waals surface area (Å²) in [5, 5.41) is 10.1. The van der Waals surface area contributed by atoms with Crippen LogP contribution in [-0.2, 0) is 10.0 Å². The van der Waals surface area contributed by atoms with Crippen molar-refractivity contribution in [3.05, 3.63) is 62.8 Å². The third kappa shape index (κ3) is 4.89. The molecule has 0 atom stereocenters. The Morgan fingerprint density at radius 1 is 1.09 bits per heavy atom. The summed E-state index contributed by atoms with van der Waals surface area (Å²) >= 11 is 16.1. The van der Waals surface area contributed by atoms with Gasteiger partial charge in [0, 0.05) is 28.8 Å². The number of ether oxygens (including phenoxy) is 2. The van der Waals surface area contributed by atoms with E-state index in [2.05, 4.69) is 25.9 Å². The van der Waals surface area contributed by atoms with Gasteiger partial charge < -0.3 is 9.47 Å². The standard InChI is InChI=1S/C19H13BrCl2N4O4S2/c1-29-18-16(6-11(21)9-24-18)31-26(15-5-3-4-14(20)13(15)8-23)32(27,28)17-7-12(22)10-25-19(17)30-2/h3-7,9-10H,1-2H3. The van der Waals surface area contributed by atoms with Crippen LogP contribution in [-0.4, -0.2) is 32.6 Å². The van der Waals surface area contributed by atoms with Gasteiger partial charge in [-0.25, -0.2) is 13.7 Å². The number of hydrogen-bond donors (Lipinski definition) is 0. The Balaban J connectivity index is 2.30. The van der Waals surface area contributed by atoms with Crippen LogP contribution in [0.2, 0.25) is 10.0 Å². The Labute approximate surface area is 207 Å². The zero-order valence-electron chi connectivity index (χ0n) is 16.4. The number of methoxy groups -OCH3 is 2. The first-order valence-corrected chi connectivity index (χ1v) is 12.3. The van der Waals surface area contributed by atoms with E-state index in [1.54, 1.807) is 12.1 Å². The number of aromatic nitrogens is 2. The molecule has 0 N–H and O–H groups in total. The molecule has 32 heavy (non-hydrogen) atoms. The van der Waals surface area contributed by atoms with Gasteiger partial charge in [0.2, 0.25) is 11.8 Å². The number of anilines is 1. The fourth-order valence-electron chi connectivity index (χ4n) is 2.56. The average Bonchev–Trinajstić information content (AvgIpc) is 2.77. The lowest BCUT2D eigenvalue weighted by atomic mass is 10.2. The molecular weight excluding hydrogens is 563 g/mol. The van der Waals surface area contributed by atoms with Crippen LogP contribution < -0.4 is 13.2 Å². The molecule has 0 aliphatic heterocycles. The van der Waals surface area contributed by atoms with Crippen molar-refractivity contribution in [2.24, 2.45) is 0 Å². The molecule has 0 unspecified atom stereocenters. The SMILES string of the molecule is COc1ncc(Cl)cc1SN(c1cccc(Br)c1C#N)S(=O)(=O)c1cc(Cl)cnc1OC. The largest absolute Gasteiger partial charge is 0.480 e. The fourth-order valence-corrected chi connectivity index (χ4v) is 6.36. The van der Waals surface area contributed by atoms with Crippen LogP contribution >= 0.6 is 51.1 Å².